The van der Waals surface area contributed by atoms with E-state index in [1.54, 1.807) is 0 Å². The van der Waals surface area contributed by atoms with Gasteiger partial charge in [0.25, 0.3) is 11.0 Å². The van der Waals surface area contributed by atoms with Gasteiger partial charge in [-0.25, -0.2) is 4.79 Å². The lowest BCUT2D eigenvalue weighted by Crippen LogP contribution is -2.40. The minimum absolute atomic E-state index is 0.0131. The van der Waals surface area contributed by atoms with Gasteiger partial charge in [0.2, 0.25) is 0 Å². The lowest BCUT2D eigenvalue weighted by atomic mass is 10.1. The smallest absolute Gasteiger partial charge is 0.472 e. The van der Waals surface area contributed by atoms with Gasteiger partial charge in [0.15, 0.2) is 6.73 Å². The Hall–Kier alpha value is -3.04. The molecule has 10 heteroatoms. The highest BCUT2D eigenvalue weighted by Gasteiger charge is 2.26. The standard InChI is InChI=1S/C15H18N2O8/c1-10(2)8-22-15(19)25-11-3-4-13-12(7-11)14(18)16(9-23-13)5-6-24-17(20)21/h3-4,7,10H,5-6,8-9H2,1-2H3. The molecule has 1 aromatic rings. The second-order valence-corrected chi connectivity index (χ2v) is 5.61. The summed E-state index contributed by atoms with van der Waals surface area (Å²) in [6.07, 6.45) is -0.867. The van der Waals surface area contributed by atoms with Gasteiger partial charge < -0.3 is 23.9 Å². The minimum atomic E-state index is -0.933. The highest BCUT2D eigenvalue weighted by atomic mass is 16.9. The van der Waals surface area contributed by atoms with E-state index in [2.05, 4.69) is 4.84 Å². The van der Waals surface area contributed by atoms with Gasteiger partial charge in [-0.3, -0.25) is 4.79 Å². The monoisotopic (exact) mass is 354 g/mol. The van der Waals surface area contributed by atoms with E-state index in [4.69, 9.17) is 14.2 Å². The Bertz CT molecular complexity index is 661. The van der Waals surface area contributed by atoms with Crippen molar-refractivity contribution < 1.29 is 33.7 Å². The lowest BCUT2D eigenvalue weighted by Gasteiger charge is -2.28. The van der Waals surface area contributed by atoms with Gasteiger partial charge in [0.05, 0.1) is 12.2 Å². The van der Waals surface area contributed by atoms with E-state index in [0.717, 1.165) is 0 Å². The molecule has 1 aliphatic heterocycles. The van der Waals surface area contributed by atoms with Crippen molar-refractivity contribution >= 4 is 12.1 Å². The summed E-state index contributed by atoms with van der Waals surface area (Å²) in [6, 6.07) is 4.34. The summed E-state index contributed by atoms with van der Waals surface area (Å²) in [7, 11) is 0. The van der Waals surface area contributed by atoms with Crippen molar-refractivity contribution in [1.82, 2.24) is 4.90 Å². The number of carbonyl (C=O) groups is 2. The van der Waals surface area contributed by atoms with Crippen molar-refractivity contribution in [3.8, 4) is 11.5 Å². The Kier molecular flexibility index (Phi) is 5.98. The molecule has 0 aliphatic carbocycles. The number of hydrogen-bond donors (Lipinski definition) is 0. The Morgan fingerprint density at radius 2 is 2.20 bits per heavy atom. The average Bonchev–Trinajstić information content (AvgIpc) is 2.55. The molecule has 0 saturated carbocycles. The van der Waals surface area contributed by atoms with Crippen LogP contribution in [0, 0.1) is 16.0 Å². The molecule has 0 aromatic heterocycles. The zero-order valence-electron chi connectivity index (χ0n) is 13.8. The Labute approximate surface area is 143 Å². The van der Waals surface area contributed by atoms with Crippen LogP contribution in [0.15, 0.2) is 18.2 Å². The molecule has 0 fully saturated rings. The van der Waals surface area contributed by atoms with Crippen LogP contribution in [0.3, 0.4) is 0 Å². The molecule has 1 heterocycles. The maximum absolute atomic E-state index is 12.4. The zero-order valence-corrected chi connectivity index (χ0v) is 13.8. The maximum atomic E-state index is 12.4. The van der Waals surface area contributed by atoms with Gasteiger partial charge >= 0.3 is 6.16 Å². The first kappa shape index (κ1) is 18.3. The van der Waals surface area contributed by atoms with E-state index in [0.29, 0.717) is 5.75 Å². The van der Waals surface area contributed by atoms with Crippen LogP contribution in [0.1, 0.15) is 24.2 Å². The third-order valence-electron chi connectivity index (χ3n) is 3.14. The Morgan fingerprint density at radius 3 is 2.88 bits per heavy atom. The van der Waals surface area contributed by atoms with Gasteiger partial charge in [-0.2, -0.15) is 0 Å². The molecule has 1 aliphatic rings. The molecule has 0 radical (unpaired) electrons. The first-order valence-corrected chi connectivity index (χ1v) is 7.55. The largest absolute Gasteiger partial charge is 0.513 e. The van der Waals surface area contributed by atoms with Crippen LogP contribution in [0.4, 0.5) is 4.79 Å². The molecule has 136 valence electrons. The fourth-order valence-electron chi connectivity index (χ4n) is 1.99. The van der Waals surface area contributed by atoms with Crippen LogP contribution < -0.4 is 9.47 Å². The second kappa shape index (κ2) is 8.18. The van der Waals surface area contributed by atoms with Crippen molar-refractivity contribution in [3.05, 3.63) is 33.9 Å². The maximum Gasteiger partial charge on any atom is 0.513 e. The third-order valence-corrected chi connectivity index (χ3v) is 3.14. The summed E-state index contributed by atoms with van der Waals surface area (Å²) in [5, 5.41) is 9.22. The SMILES string of the molecule is CC(C)COC(=O)Oc1ccc2c(c1)C(=O)N(CCO[N+](=O)[O-])CO2. The Morgan fingerprint density at radius 1 is 1.44 bits per heavy atom. The molecule has 0 saturated heterocycles. The Balaban J connectivity index is 2.00. The van der Waals surface area contributed by atoms with Crippen LogP contribution in [0.2, 0.25) is 0 Å². The van der Waals surface area contributed by atoms with Gasteiger partial charge in [-0.1, -0.05) is 13.8 Å². The zero-order chi connectivity index (χ0) is 18.4. The molecule has 2 rings (SSSR count). The quantitative estimate of drug-likeness (QED) is 0.315. The average molecular weight is 354 g/mol. The normalized spacial score (nSPS) is 13.1. The number of ether oxygens (including phenoxy) is 3. The predicted octanol–water partition coefficient (Wildman–Crippen LogP) is 1.86. The molecule has 0 bridgehead atoms. The van der Waals surface area contributed by atoms with E-state index < -0.39 is 17.1 Å². The number of carbonyl (C=O) groups excluding carboxylic acids is 2. The van der Waals surface area contributed by atoms with Gasteiger partial charge in [-0.15, -0.1) is 10.1 Å². The first-order chi connectivity index (χ1) is 11.9. The van der Waals surface area contributed by atoms with Crippen LogP contribution >= 0.6 is 0 Å². The second-order valence-electron chi connectivity index (χ2n) is 5.61. The van der Waals surface area contributed by atoms with E-state index in [1.807, 2.05) is 13.8 Å². The molecular weight excluding hydrogens is 336 g/mol. The highest BCUT2D eigenvalue weighted by molar-refractivity contribution is 5.98. The minimum Gasteiger partial charge on any atom is -0.472 e. The van der Waals surface area contributed by atoms with Crippen LogP contribution in [-0.4, -0.2) is 48.5 Å². The van der Waals surface area contributed by atoms with Gasteiger partial charge in [0, 0.05) is 6.54 Å². The van der Waals surface area contributed by atoms with Crippen molar-refractivity contribution in [2.75, 3.05) is 26.5 Å². The van der Waals surface area contributed by atoms with E-state index in [1.165, 1.54) is 23.1 Å². The number of hydrogen-bond acceptors (Lipinski definition) is 8. The van der Waals surface area contributed by atoms with E-state index >= 15 is 0 Å². The van der Waals surface area contributed by atoms with Crippen molar-refractivity contribution in [1.29, 1.82) is 0 Å². The van der Waals surface area contributed by atoms with Crippen molar-refractivity contribution in [2.45, 2.75) is 13.8 Å². The first-order valence-electron chi connectivity index (χ1n) is 7.55. The van der Waals surface area contributed by atoms with Crippen molar-refractivity contribution in [2.24, 2.45) is 5.92 Å². The van der Waals surface area contributed by atoms with E-state index in [9.17, 15) is 19.7 Å². The molecular formula is C15H18N2O8. The molecule has 0 N–H and O–H groups in total. The summed E-state index contributed by atoms with van der Waals surface area (Å²) >= 11 is 0. The fraction of sp³-hybridized carbons (Fsp3) is 0.467. The van der Waals surface area contributed by atoms with E-state index in [-0.39, 0.29) is 43.7 Å². The number of benzene rings is 1. The van der Waals surface area contributed by atoms with Crippen LogP contribution in [0.5, 0.6) is 11.5 Å². The number of nitrogens with zero attached hydrogens (tertiary/aromatic N) is 2. The molecule has 25 heavy (non-hydrogen) atoms. The molecule has 1 amide bonds. The fourth-order valence-corrected chi connectivity index (χ4v) is 1.99. The summed E-state index contributed by atoms with van der Waals surface area (Å²) < 4.78 is 15.3. The molecule has 0 unspecified atom stereocenters. The van der Waals surface area contributed by atoms with Crippen LogP contribution in [0.25, 0.3) is 0 Å². The summed E-state index contributed by atoms with van der Waals surface area (Å²) in [6.45, 7) is 3.66. The van der Waals surface area contributed by atoms with Crippen molar-refractivity contribution in [3.63, 3.8) is 0 Å². The lowest BCUT2D eigenvalue weighted by molar-refractivity contribution is -0.757. The summed E-state index contributed by atoms with van der Waals surface area (Å²) in [4.78, 5) is 39.6. The summed E-state index contributed by atoms with van der Waals surface area (Å²) in [5.41, 5.74) is 0.182. The summed E-state index contributed by atoms with van der Waals surface area (Å²) in [5.74, 6) is 0.224. The number of rotatable bonds is 7. The van der Waals surface area contributed by atoms with Gasteiger partial charge in [0.1, 0.15) is 18.1 Å². The highest BCUT2D eigenvalue weighted by Crippen LogP contribution is 2.29. The number of amides is 1. The number of fused-ring (bicyclic) bond motifs is 1. The topological polar surface area (TPSA) is 117 Å². The molecule has 0 spiro atoms. The third kappa shape index (κ3) is 5.23. The molecule has 0 atom stereocenters. The molecule has 1 aromatic carbocycles. The van der Waals surface area contributed by atoms with Gasteiger partial charge in [-0.05, 0) is 24.1 Å². The molecule has 10 nitrogen and oxygen atoms in total. The van der Waals surface area contributed by atoms with Crippen LogP contribution in [-0.2, 0) is 9.57 Å². The predicted molar refractivity (Wildman–Crippen MR) is 82.7 cm³/mol.